The topological polar surface area (TPSA) is 122 Å². The highest BCUT2D eigenvalue weighted by Gasteiger charge is 2.48. The SMILES string of the molecule is CC(C)CNC(=O)c1ccccc1NC(=O)COC(=O)CN1C(=O)[C@@H]2CCCC[C@H]2C1=O. The van der Waals surface area contributed by atoms with Crippen molar-refractivity contribution in [3.05, 3.63) is 29.8 Å². The molecule has 2 atom stereocenters. The minimum absolute atomic E-state index is 0.276. The van der Waals surface area contributed by atoms with Crippen LogP contribution < -0.4 is 10.6 Å². The minimum Gasteiger partial charge on any atom is -0.454 e. The van der Waals surface area contributed by atoms with Crippen LogP contribution in [0.25, 0.3) is 0 Å². The number of rotatable bonds is 8. The van der Waals surface area contributed by atoms with E-state index in [4.69, 9.17) is 4.74 Å². The van der Waals surface area contributed by atoms with Gasteiger partial charge in [0.25, 0.3) is 11.8 Å². The largest absolute Gasteiger partial charge is 0.454 e. The van der Waals surface area contributed by atoms with E-state index >= 15 is 0 Å². The van der Waals surface area contributed by atoms with Gasteiger partial charge in [-0.25, -0.2) is 0 Å². The molecule has 1 aliphatic carbocycles. The van der Waals surface area contributed by atoms with E-state index in [9.17, 15) is 24.0 Å². The third-order valence-corrected chi connectivity index (χ3v) is 5.70. The number of benzene rings is 1. The Kier molecular flexibility index (Phi) is 7.61. The van der Waals surface area contributed by atoms with Crippen LogP contribution in [-0.2, 0) is 23.9 Å². The summed E-state index contributed by atoms with van der Waals surface area (Å²) in [5, 5.41) is 5.35. The molecule has 0 bridgehead atoms. The molecule has 3 rings (SSSR count). The molecule has 1 aliphatic heterocycles. The number of nitrogens with zero attached hydrogens (tertiary/aromatic N) is 1. The van der Waals surface area contributed by atoms with E-state index in [0.717, 1.165) is 17.7 Å². The molecule has 172 valence electrons. The number of nitrogens with one attached hydrogen (secondary N) is 2. The van der Waals surface area contributed by atoms with Crippen LogP contribution in [0.2, 0.25) is 0 Å². The molecule has 1 saturated heterocycles. The summed E-state index contributed by atoms with van der Waals surface area (Å²) in [4.78, 5) is 62.6. The zero-order valence-corrected chi connectivity index (χ0v) is 18.4. The van der Waals surface area contributed by atoms with Gasteiger partial charge in [-0.3, -0.25) is 28.9 Å². The van der Waals surface area contributed by atoms with Crippen molar-refractivity contribution in [2.24, 2.45) is 17.8 Å². The number of imide groups is 1. The summed E-state index contributed by atoms with van der Waals surface area (Å²) in [6.45, 7) is 3.35. The lowest BCUT2D eigenvalue weighted by Gasteiger charge is -2.19. The van der Waals surface area contributed by atoms with Crippen molar-refractivity contribution in [3.63, 3.8) is 0 Å². The molecule has 2 aliphatic rings. The minimum atomic E-state index is -0.830. The van der Waals surface area contributed by atoms with Crippen molar-refractivity contribution in [2.45, 2.75) is 39.5 Å². The summed E-state index contributed by atoms with van der Waals surface area (Å²) in [6, 6.07) is 6.52. The maximum atomic E-state index is 12.4. The van der Waals surface area contributed by atoms with E-state index in [1.165, 1.54) is 0 Å². The first-order valence-corrected chi connectivity index (χ1v) is 11.0. The highest BCUT2D eigenvalue weighted by Crippen LogP contribution is 2.37. The predicted molar refractivity (Wildman–Crippen MR) is 115 cm³/mol. The molecule has 0 radical (unpaired) electrons. The molecule has 0 spiro atoms. The lowest BCUT2D eigenvalue weighted by Crippen LogP contribution is -2.37. The number of ether oxygens (including phenoxy) is 1. The van der Waals surface area contributed by atoms with E-state index in [2.05, 4.69) is 10.6 Å². The Morgan fingerprint density at radius 2 is 1.69 bits per heavy atom. The Labute approximate surface area is 186 Å². The van der Waals surface area contributed by atoms with Crippen LogP contribution in [0, 0.1) is 17.8 Å². The van der Waals surface area contributed by atoms with Gasteiger partial charge in [-0.15, -0.1) is 0 Å². The van der Waals surface area contributed by atoms with Crippen molar-refractivity contribution in [1.29, 1.82) is 0 Å². The Morgan fingerprint density at radius 1 is 1.06 bits per heavy atom. The third kappa shape index (κ3) is 5.52. The van der Waals surface area contributed by atoms with Crippen molar-refractivity contribution >= 4 is 35.3 Å². The highest BCUT2D eigenvalue weighted by molar-refractivity contribution is 6.07. The summed E-state index contributed by atoms with van der Waals surface area (Å²) in [5.74, 6) is -2.85. The van der Waals surface area contributed by atoms with Crippen molar-refractivity contribution < 1.29 is 28.7 Å². The average Bonchev–Trinajstić information content (AvgIpc) is 3.01. The molecule has 32 heavy (non-hydrogen) atoms. The van der Waals surface area contributed by atoms with Crippen molar-refractivity contribution in [2.75, 3.05) is 25.0 Å². The van der Waals surface area contributed by atoms with Crippen LogP contribution in [0.4, 0.5) is 5.69 Å². The zero-order valence-electron chi connectivity index (χ0n) is 18.4. The highest BCUT2D eigenvalue weighted by atomic mass is 16.5. The summed E-state index contributed by atoms with van der Waals surface area (Å²) >= 11 is 0. The Hall–Kier alpha value is -3.23. The number of hydrogen-bond acceptors (Lipinski definition) is 6. The average molecular weight is 444 g/mol. The number of esters is 1. The number of carbonyl (C=O) groups is 5. The first-order chi connectivity index (χ1) is 15.3. The maximum Gasteiger partial charge on any atom is 0.326 e. The van der Waals surface area contributed by atoms with Crippen LogP contribution in [-0.4, -0.2) is 54.2 Å². The second kappa shape index (κ2) is 10.4. The van der Waals surface area contributed by atoms with E-state index in [0.29, 0.717) is 30.6 Å². The predicted octanol–water partition coefficient (Wildman–Crippen LogP) is 1.73. The van der Waals surface area contributed by atoms with Gasteiger partial charge in [-0.05, 0) is 30.9 Å². The van der Waals surface area contributed by atoms with Gasteiger partial charge < -0.3 is 15.4 Å². The lowest BCUT2D eigenvalue weighted by molar-refractivity contribution is -0.154. The number of fused-ring (bicyclic) bond motifs is 1. The molecular weight excluding hydrogens is 414 g/mol. The van der Waals surface area contributed by atoms with Crippen LogP contribution in [0.1, 0.15) is 49.9 Å². The molecule has 4 amide bonds. The molecule has 1 aromatic carbocycles. The summed E-state index contributed by atoms with van der Waals surface area (Å²) in [7, 11) is 0. The molecule has 2 N–H and O–H groups in total. The summed E-state index contributed by atoms with van der Waals surface area (Å²) in [6.07, 6.45) is 3.12. The van der Waals surface area contributed by atoms with Crippen molar-refractivity contribution in [3.8, 4) is 0 Å². The van der Waals surface area contributed by atoms with Gasteiger partial charge in [-0.1, -0.05) is 38.8 Å². The first kappa shape index (κ1) is 23.4. The second-order valence-corrected chi connectivity index (χ2v) is 8.62. The van der Waals surface area contributed by atoms with E-state index in [1.54, 1.807) is 24.3 Å². The van der Waals surface area contributed by atoms with Gasteiger partial charge in [0.1, 0.15) is 6.54 Å². The first-order valence-electron chi connectivity index (χ1n) is 11.0. The van der Waals surface area contributed by atoms with Gasteiger partial charge in [0.15, 0.2) is 6.61 Å². The van der Waals surface area contributed by atoms with E-state index in [-0.39, 0.29) is 35.5 Å². The number of likely N-dealkylation sites (tertiary alicyclic amines) is 1. The lowest BCUT2D eigenvalue weighted by atomic mass is 9.81. The molecule has 0 aromatic heterocycles. The fraction of sp³-hybridized carbons (Fsp3) is 0.522. The molecule has 9 nitrogen and oxygen atoms in total. The number of anilines is 1. The molecule has 0 unspecified atom stereocenters. The standard InChI is InChI=1S/C23H29N3O6/c1-14(2)11-24-21(29)17-9-5-6-10-18(17)25-19(27)13-32-20(28)12-26-22(30)15-7-3-4-8-16(15)23(26)31/h5-6,9-10,14-16H,3-4,7-8,11-13H2,1-2H3,(H,24,29)(H,25,27)/t15-,16-/m1/s1. The molecule has 1 aromatic rings. The van der Waals surface area contributed by atoms with Crippen LogP contribution >= 0.6 is 0 Å². The molecule has 9 heteroatoms. The van der Waals surface area contributed by atoms with E-state index < -0.39 is 25.0 Å². The fourth-order valence-electron chi connectivity index (χ4n) is 4.08. The van der Waals surface area contributed by atoms with Gasteiger partial charge in [-0.2, -0.15) is 0 Å². The summed E-state index contributed by atoms with van der Waals surface area (Å²) < 4.78 is 4.97. The second-order valence-electron chi connectivity index (χ2n) is 8.62. The molecule has 1 saturated carbocycles. The van der Waals surface area contributed by atoms with Gasteiger partial charge in [0.2, 0.25) is 11.8 Å². The monoisotopic (exact) mass is 443 g/mol. The van der Waals surface area contributed by atoms with Gasteiger partial charge in [0, 0.05) is 6.54 Å². The molecular formula is C23H29N3O6. The maximum absolute atomic E-state index is 12.4. The number of carbonyl (C=O) groups excluding carboxylic acids is 5. The quantitative estimate of drug-likeness (QED) is 0.466. The zero-order chi connectivity index (χ0) is 23.3. The Balaban J connectivity index is 1.51. The number of hydrogen-bond donors (Lipinski definition) is 2. The van der Waals surface area contributed by atoms with Gasteiger partial charge >= 0.3 is 5.97 Å². The number of amides is 4. The van der Waals surface area contributed by atoms with Crippen molar-refractivity contribution in [1.82, 2.24) is 10.2 Å². The smallest absolute Gasteiger partial charge is 0.326 e. The van der Waals surface area contributed by atoms with Gasteiger partial charge in [0.05, 0.1) is 23.1 Å². The molecule has 1 heterocycles. The van der Waals surface area contributed by atoms with Crippen LogP contribution in [0.15, 0.2) is 24.3 Å². The van der Waals surface area contributed by atoms with E-state index in [1.807, 2.05) is 13.8 Å². The summed E-state index contributed by atoms with van der Waals surface area (Å²) in [5.41, 5.74) is 0.590. The Morgan fingerprint density at radius 3 is 2.31 bits per heavy atom. The number of para-hydroxylation sites is 1. The fourth-order valence-corrected chi connectivity index (χ4v) is 4.08. The molecule has 2 fully saturated rings. The van der Waals surface area contributed by atoms with Crippen LogP contribution in [0.5, 0.6) is 0 Å². The Bertz CT molecular complexity index is 889. The van der Waals surface area contributed by atoms with Crippen LogP contribution in [0.3, 0.4) is 0 Å². The normalized spacial score (nSPS) is 20.2. The third-order valence-electron chi connectivity index (χ3n) is 5.70.